The molecule has 2 heteroatoms. The lowest BCUT2D eigenvalue weighted by Gasteiger charge is -2.04. The topological polar surface area (TPSA) is 12.9 Å². The van der Waals surface area contributed by atoms with Crippen LogP contribution in [0.25, 0.3) is 10.9 Å². The molecule has 2 aromatic carbocycles. The van der Waals surface area contributed by atoms with Gasteiger partial charge < -0.3 is 0 Å². The van der Waals surface area contributed by atoms with E-state index in [1.54, 1.807) is 0 Å². The summed E-state index contributed by atoms with van der Waals surface area (Å²) in [6.07, 6.45) is 0. The molecule has 0 amide bonds. The Balaban J connectivity index is 1.76. The van der Waals surface area contributed by atoms with Crippen molar-refractivity contribution in [2.24, 2.45) is 0 Å². The number of hydrogen-bond acceptors (Lipinski definition) is 2. The third-order valence-corrected chi connectivity index (χ3v) is 4.11. The first kappa shape index (κ1) is 12.2. The van der Waals surface area contributed by atoms with Crippen LogP contribution >= 0.6 is 11.8 Å². The zero-order valence-electron chi connectivity index (χ0n) is 10.8. The molecule has 0 saturated heterocycles. The van der Waals surface area contributed by atoms with E-state index in [9.17, 15) is 0 Å². The molecule has 0 aliphatic rings. The highest BCUT2D eigenvalue weighted by Crippen LogP contribution is 2.23. The molecule has 3 rings (SSSR count). The molecule has 3 aromatic rings. The lowest BCUT2D eigenvalue weighted by atomic mass is 10.2. The van der Waals surface area contributed by atoms with Crippen molar-refractivity contribution < 1.29 is 0 Å². The minimum absolute atomic E-state index is 0.911. The summed E-state index contributed by atoms with van der Waals surface area (Å²) in [6, 6.07) is 21.1. The number of thioether (sulfide) groups is 1. The molecule has 1 nitrogen and oxygen atoms in total. The lowest BCUT2D eigenvalue weighted by molar-refractivity contribution is 1.22. The van der Waals surface area contributed by atoms with E-state index in [4.69, 9.17) is 0 Å². The summed E-state index contributed by atoms with van der Waals surface area (Å²) in [6.45, 7) is 2.11. The van der Waals surface area contributed by atoms with Crippen LogP contribution in [0, 0.1) is 6.92 Å². The number of hydrogen-bond donors (Lipinski definition) is 0. The van der Waals surface area contributed by atoms with Crippen LogP contribution in [0.2, 0.25) is 0 Å². The quantitative estimate of drug-likeness (QED) is 0.629. The molecule has 1 aromatic heterocycles. The maximum Gasteiger partial charge on any atom is 0.0705 e. The van der Waals surface area contributed by atoms with Crippen molar-refractivity contribution in [2.75, 3.05) is 0 Å². The fourth-order valence-electron chi connectivity index (χ4n) is 1.98. The smallest absolute Gasteiger partial charge is 0.0705 e. The van der Waals surface area contributed by atoms with Crippen LogP contribution in [-0.2, 0) is 5.75 Å². The van der Waals surface area contributed by atoms with Gasteiger partial charge in [0.25, 0.3) is 0 Å². The van der Waals surface area contributed by atoms with E-state index in [0.717, 1.165) is 17.0 Å². The van der Waals surface area contributed by atoms with Crippen molar-refractivity contribution >= 4 is 22.7 Å². The standard InChI is InChI=1S/C17H15NS/c1-13-6-10-16(11-7-13)19-12-15-9-8-14-4-2-3-5-17(14)18-15/h2-11H,12H2,1H3. The number of aryl methyl sites for hydroxylation is 1. The maximum absolute atomic E-state index is 4.69. The van der Waals surface area contributed by atoms with Crippen LogP contribution in [0.5, 0.6) is 0 Å². The highest BCUT2D eigenvalue weighted by molar-refractivity contribution is 7.98. The molecule has 0 atom stereocenters. The molecule has 1 heterocycles. The van der Waals surface area contributed by atoms with Crippen LogP contribution < -0.4 is 0 Å². The van der Waals surface area contributed by atoms with Gasteiger partial charge in [-0.05, 0) is 31.2 Å². The second-order valence-electron chi connectivity index (χ2n) is 4.60. The van der Waals surface area contributed by atoms with E-state index in [2.05, 4.69) is 60.4 Å². The van der Waals surface area contributed by atoms with E-state index in [0.29, 0.717) is 0 Å². The highest BCUT2D eigenvalue weighted by atomic mass is 32.2. The summed E-state index contributed by atoms with van der Waals surface area (Å²) >= 11 is 1.83. The summed E-state index contributed by atoms with van der Waals surface area (Å²) in [4.78, 5) is 5.98. The van der Waals surface area contributed by atoms with Gasteiger partial charge in [-0.3, -0.25) is 4.98 Å². The molecule has 19 heavy (non-hydrogen) atoms. The molecule has 0 bridgehead atoms. The van der Waals surface area contributed by atoms with E-state index in [-0.39, 0.29) is 0 Å². The van der Waals surface area contributed by atoms with Gasteiger partial charge in [-0.1, -0.05) is 42.0 Å². The fraction of sp³-hybridized carbons (Fsp3) is 0.118. The molecular formula is C17H15NS. The van der Waals surface area contributed by atoms with Gasteiger partial charge in [0.1, 0.15) is 0 Å². The fourth-order valence-corrected chi connectivity index (χ4v) is 2.78. The summed E-state index contributed by atoms with van der Waals surface area (Å²) in [5.74, 6) is 0.911. The third-order valence-electron chi connectivity index (χ3n) is 3.06. The Bertz CT molecular complexity index is 689. The lowest BCUT2D eigenvalue weighted by Crippen LogP contribution is -1.87. The SMILES string of the molecule is Cc1ccc(SCc2ccc3ccccc3n2)cc1. The molecule has 94 valence electrons. The predicted molar refractivity (Wildman–Crippen MR) is 82.5 cm³/mol. The van der Waals surface area contributed by atoms with Crippen molar-refractivity contribution in [3.05, 3.63) is 71.9 Å². The van der Waals surface area contributed by atoms with Gasteiger partial charge in [-0.25, -0.2) is 0 Å². The number of pyridine rings is 1. The van der Waals surface area contributed by atoms with Crippen molar-refractivity contribution in [3.63, 3.8) is 0 Å². The minimum atomic E-state index is 0.911. The Morgan fingerprint density at radius 1 is 0.895 bits per heavy atom. The average Bonchev–Trinajstić information content (AvgIpc) is 2.46. The average molecular weight is 265 g/mol. The van der Waals surface area contributed by atoms with E-state index in [1.807, 2.05) is 23.9 Å². The molecule has 0 saturated carbocycles. The number of benzene rings is 2. The summed E-state index contributed by atoms with van der Waals surface area (Å²) in [5.41, 5.74) is 3.50. The maximum atomic E-state index is 4.69. The highest BCUT2D eigenvalue weighted by Gasteiger charge is 1.99. The number of rotatable bonds is 3. The van der Waals surface area contributed by atoms with E-state index < -0.39 is 0 Å². The number of para-hydroxylation sites is 1. The first-order valence-corrected chi connectivity index (χ1v) is 7.34. The van der Waals surface area contributed by atoms with Crippen LogP contribution in [0.4, 0.5) is 0 Å². The Hall–Kier alpha value is -1.80. The van der Waals surface area contributed by atoms with Gasteiger partial charge in [0.15, 0.2) is 0 Å². The first-order chi connectivity index (χ1) is 9.31. The van der Waals surface area contributed by atoms with Gasteiger partial charge in [-0.15, -0.1) is 11.8 Å². The largest absolute Gasteiger partial charge is 0.252 e. The summed E-state index contributed by atoms with van der Waals surface area (Å²) in [7, 11) is 0. The Labute approximate surface area is 117 Å². The van der Waals surface area contributed by atoms with Crippen molar-refractivity contribution in [1.82, 2.24) is 4.98 Å². The van der Waals surface area contributed by atoms with E-state index in [1.165, 1.54) is 15.8 Å². The van der Waals surface area contributed by atoms with Gasteiger partial charge in [0, 0.05) is 16.0 Å². The Kier molecular flexibility index (Phi) is 3.51. The molecular weight excluding hydrogens is 250 g/mol. The monoisotopic (exact) mass is 265 g/mol. The number of fused-ring (bicyclic) bond motifs is 1. The first-order valence-electron chi connectivity index (χ1n) is 6.35. The summed E-state index contributed by atoms with van der Waals surface area (Å²) in [5, 5.41) is 1.20. The molecule has 0 aliphatic heterocycles. The molecule has 0 radical (unpaired) electrons. The second kappa shape index (κ2) is 5.45. The summed E-state index contributed by atoms with van der Waals surface area (Å²) < 4.78 is 0. The van der Waals surface area contributed by atoms with Gasteiger partial charge in [0.2, 0.25) is 0 Å². The molecule has 0 aliphatic carbocycles. The second-order valence-corrected chi connectivity index (χ2v) is 5.65. The van der Waals surface area contributed by atoms with E-state index >= 15 is 0 Å². The van der Waals surface area contributed by atoms with Crippen molar-refractivity contribution in [2.45, 2.75) is 17.6 Å². The van der Waals surface area contributed by atoms with Crippen LogP contribution in [0.15, 0.2) is 65.6 Å². The van der Waals surface area contributed by atoms with Gasteiger partial charge in [0.05, 0.1) is 11.2 Å². The normalized spacial score (nSPS) is 10.8. The van der Waals surface area contributed by atoms with Crippen LogP contribution in [0.1, 0.15) is 11.3 Å². The zero-order valence-corrected chi connectivity index (χ0v) is 11.7. The Morgan fingerprint density at radius 2 is 1.68 bits per heavy atom. The van der Waals surface area contributed by atoms with Crippen LogP contribution in [-0.4, -0.2) is 4.98 Å². The minimum Gasteiger partial charge on any atom is -0.252 e. The Morgan fingerprint density at radius 3 is 2.53 bits per heavy atom. The third kappa shape index (κ3) is 2.96. The number of aromatic nitrogens is 1. The van der Waals surface area contributed by atoms with Gasteiger partial charge >= 0.3 is 0 Å². The number of nitrogens with zero attached hydrogens (tertiary/aromatic N) is 1. The predicted octanol–water partition coefficient (Wildman–Crippen LogP) is 4.84. The van der Waals surface area contributed by atoms with Crippen molar-refractivity contribution in [1.29, 1.82) is 0 Å². The molecule has 0 spiro atoms. The molecule has 0 unspecified atom stereocenters. The molecule has 0 fully saturated rings. The molecule has 0 N–H and O–H groups in total. The zero-order chi connectivity index (χ0) is 13.1. The van der Waals surface area contributed by atoms with Crippen LogP contribution in [0.3, 0.4) is 0 Å². The van der Waals surface area contributed by atoms with Gasteiger partial charge in [-0.2, -0.15) is 0 Å². The van der Waals surface area contributed by atoms with Crippen molar-refractivity contribution in [3.8, 4) is 0 Å².